The molecule has 0 atom stereocenters. The normalized spacial score (nSPS) is 12.1. The van der Waals surface area contributed by atoms with Crippen LogP contribution in [0.15, 0.2) is 23.9 Å². The van der Waals surface area contributed by atoms with Gasteiger partial charge in [-0.1, -0.05) is 6.07 Å². The van der Waals surface area contributed by atoms with Crippen molar-refractivity contribution in [1.29, 1.82) is 0 Å². The summed E-state index contributed by atoms with van der Waals surface area (Å²) >= 11 is 0. The van der Waals surface area contributed by atoms with E-state index >= 15 is 0 Å². The first-order chi connectivity index (χ1) is 6.93. The minimum absolute atomic E-state index is 0.223. The third-order valence-corrected chi connectivity index (χ3v) is 1.95. The molecular formula is C10H12N2O3. The fourth-order valence-corrected chi connectivity index (χ4v) is 1.14. The lowest BCUT2D eigenvalue weighted by molar-refractivity contribution is -0.132. The first-order valence-electron chi connectivity index (χ1n) is 4.22. The molecule has 6 N–H and O–H groups in total. The number of carbonyl (C=O) groups is 1. The van der Waals surface area contributed by atoms with Gasteiger partial charge in [0.25, 0.3) is 0 Å². The van der Waals surface area contributed by atoms with Gasteiger partial charge in [0.15, 0.2) is 11.5 Å². The first-order valence-corrected chi connectivity index (χ1v) is 4.22. The van der Waals surface area contributed by atoms with Gasteiger partial charge >= 0.3 is 5.97 Å². The number of rotatable bonds is 2. The number of nitrogen functional groups attached to an aromatic ring is 1. The van der Waals surface area contributed by atoms with Crippen LogP contribution in [-0.4, -0.2) is 16.2 Å². The number of aliphatic hydroxyl groups excluding tert-OH is 1. The number of anilines is 1. The molecule has 1 aromatic carbocycles. The number of aliphatic carboxylic acids is 1. The fourth-order valence-electron chi connectivity index (χ4n) is 1.14. The summed E-state index contributed by atoms with van der Waals surface area (Å²) in [5.41, 5.74) is 11.6. The molecule has 0 aromatic heterocycles. The number of aryl methyl sites for hydroxylation is 1. The maximum atomic E-state index is 10.5. The van der Waals surface area contributed by atoms with Crippen molar-refractivity contribution in [3.8, 4) is 0 Å². The van der Waals surface area contributed by atoms with Crippen molar-refractivity contribution in [1.82, 2.24) is 0 Å². The van der Waals surface area contributed by atoms with Gasteiger partial charge in [-0.05, 0) is 24.6 Å². The summed E-state index contributed by atoms with van der Waals surface area (Å²) in [6.07, 6.45) is 0. The minimum atomic E-state index is -1.38. The minimum Gasteiger partial charge on any atom is -0.505 e. The van der Waals surface area contributed by atoms with Gasteiger partial charge in [0.1, 0.15) is 0 Å². The molecule has 0 unspecified atom stereocenters. The molecule has 5 heteroatoms. The number of benzene rings is 1. The average molecular weight is 208 g/mol. The predicted octanol–water partition coefficient (Wildman–Crippen LogP) is 0.847. The van der Waals surface area contributed by atoms with Crippen LogP contribution >= 0.6 is 0 Å². The number of nitrogens with two attached hydrogens (primary N) is 2. The number of hydrogen-bond donors (Lipinski definition) is 4. The molecule has 5 nitrogen and oxygen atoms in total. The van der Waals surface area contributed by atoms with Crippen molar-refractivity contribution < 1.29 is 15.0 Å². The van der Waals surface area contributed by atoms with Crippen molar-refractivity contribution in [2.24, 2.45) is 5.73 Å². The van der Waals surface area contributed by atoms with Crippen LogP contribution in [0.3, 0.4) is 0 Å². The lowest BCUT2D eigenvalue weighted by atomic mass is 10.1. The van der Waals surface area contributed by atoms with Gasteiger partial charge in [-0.25, -0.2) is 4.79 Å². The molecule has 1 aromatic rings. The second-order valence-electron chi connectivity index (χ2n) is 3.16. The zero-order chi connectivity index (χ0) is 11.6. The van der Waals surface area contributed by atoms with Gasteiger partial charge in [-0.3, -0.25) is 0 Å². The van der Waals surface area contributed by atoms with E-state index in [-0.39, 0.29) is 11.3 Å². The highest BCUT2D eigenvalue weighted by atomic mass is 16.4. The maximum Gasteiger partial charge on any atom is 0.355 e. The largest absolute Gasteiger partial charge is 0.505 e. The van der Waals surface area contributed by atoms with Crippen molar-refractivity contribution in [2.45, 2.75) is 6.92 Å². The molecule has 0 heterocycles. The highest BCUT2D eigenvalue weighted by Gasteiger charge is 2.13. The Morgan fingerprint density at radius 3 is 2.40 bits per heavy atom. The van der Waals surface area contributed by atoms with E-state index in [1.54, 1.807) is 12.1 Å². The van der Waals surface area contributed by atoms with E-state index < -0.39 is 17.4 Å². The Hall–Kier alpha value is -2.17. The van der Waals surface area contributed by atoms with Crippen molar-refractivity contribution >= 4 is 17.4 Å². The van der Waals surface area contributed by atoms with Crippen molar-refractivity contribution in [2.75, 3.05) is 5.73 Å². The topological polar surface area (TPSA) is 110 Å². The smallest absolute Gasteiger partial charge is 0.355 e. The number of carboxylic acid groups (broad SMARTS) is 1. The van der Waals surface area contributed by atoms with Crippen LogP contribution < -0.4 is 11.5 Å². The number of hydrogen-bond acceptors (Lipinski definition) is 4. The molecule has 80 valence electrons. The van der Waals surface area contributed by atoms with Crippen LogP contribution in [0.25, 0.3) is 5.76 Å². The van der Waals surface area contributed by atoms with Crippen molar-refractivity contribution in [3.63, 3.8) is 0 Å². The summed E-state index contributed by atoms with van der Waals surface area (Å²) in [5.74, 6) is -1.90. The Kier molecular flexibility index (Phi) is 2.85. The Bertz CT molecular complexity index is 438. The molecule has 0 amide bonds. The molecule has 0 bridgehead atoms. The van der Waals surface area contributed by atoms with E-state index in [1.165, 1.54) is 6.07 Å². The van der Waals surface area contributed by atoms with Crippen LogP contribution in [0.4, 0.5) is 5.69 Å². The standard InChI is InChI=1S/C10H12N2O3/c1-5-2-3-6(7(11)4-5)9(13)8(12)10(14)15/h2-4,13H,11-12H2,1H3,(H,14,15)/b9-8+. The van der Waals surface area contributed by atoms with Gasteiger partial charge < -0.3 is 21.7 Å². The van der Waals surface area contributed by atoms with E-state index in [0.29, 0.717) is 0 Å². The predicted molar refractivity (Wildman–Crippen MR) is 57.0 cm³/mol. The second-order valence-corrected chi connectivity index (χ2v) is 3.16. The van der Waals surface area contributed by atoms with Gasteiger partial charge in [0.05, 0.1) is 0 Å². The van der Waals surface area contributed by atoms with E-state index in [0.717, 1.165) is 5.56 Å². The van der Waals surface area contributed by atoms with Gasteiger partial charge in [0, 0.05) is 11.3 Å². The van der Waals surface area contributed by atoms with E-state index in [4.69, 9.17) is 16.6 Å². The SMILES string of the molecule is Cc1ccc(/C(O)=C(\N)C(=O)O)c(N)c1. The third-order valence-electron chi connectivity index (χ3n) is 1.95. The Morgan fingerprint density at radius 1 is 1.33 bits per heavy atom. The number of carboxylic acids is 1. The first kappa shape index (κ1) is 10.9. The van der Waals surface area contributed by atoms with Crippen LogP contribution in [0, 0.1) is 6.92 Å². The Balaban J connectivity index is 3.29. The average Bonchev–Trinajstić information content (AvgIpc) is 2.15. The van der Waals surface area contributed by atoms with Crippen molar-refractivity contribution in [3.05, 3.63) is 35.0 Å². The van der Waals surface area contributed by atoms with Gasteiger partial charge in [0.2, 0.25) is 0 Å². The number of aliphatic hydroxyl groups is 1. The molecule has 1 rings (SSSR count). The van der Waals surface area contributed by atoms with Gasteiger partial charge in [-0.2, -0.15) is 0 Å². The molecule has 0 saturated carbocycles. The van der Waals surface area contributed by atoms with Crippen LogP contribution in [0.5, 0.6) is 0 Å². The summed E-state index contributed by atoms with van der Waals surface area (Å²) in [4.78, 5) is 10.5. The van der Waals surface area contributed by atoms with E-state index in [9.17, 15) is 9.90 Å². The Labute approximate surface area is 86.6 Å². The molecule has 0 aliphatic carbocycles. The maximum absolute atomic E-state index is 10.5. The molecule has 0 saturated heterocycles. The molecule has 15 heavy (non-hydrogen) atoms. The van der Waals surface area contributed by atoms with Crippen LogP contribution in [0.1, 0.15) is 11.1 Å². The zero-order valence-electron chi connectivity index (χ0n) is 8.19. The molecule has 0 aliphatic heterocycles. The van der Waals surface area contributed by atoms with Crippen LogP contribution in [0.2, 0.25) is 0 Å². The van der Waals surface area contributed by atoms with E-state index in [2.05, 4.69) is 0 Å². The summed E-state index contributed by atoms with van der Waals surface area (Å²) < 4.78 is 0. The third kappa shape index (κ3) is 2.19. The molecule has 0 spiro atoms. The Morgan fingerprint density at radius 2 is 1.93 bits per heavy atom. The lowest BCUT2D eigenvalue weighted by Crippen LogP contribution is -2.13. The molecule has 0 radical (unpaired) electrons. The quantitative estimate of drug-likeness (QED) is 0.327. The summed E-state index contributed by atoms with van der Waals surface area (Å²) in [6, 6.07) is 4.85. The van der Waals surface area contributed by atoms with Gasteiger partial charge in [-0.15, -0.1) is 0 Å². The summed E-state index contributed by atoms with van der Waals surface area (Å²) in [5, 5.41) is 18.1. The highest BCUT2D eigenvalue weighted by molar-refractivity contribution is 5.94. The molecule has 0 aliphatic rings. The van der Waals surface area contributed by atoms with Crippen LogP contribution in [-0.2, 0) is 4.79 Å². The highest BCUT2D eigenvalue weighted by Crippen LogP contribution is 2.21. The zero-order valence-corrected chi connectivity index (χ0v) is 8.19. The summed E-state index contributed by atoms with van der Waals surface area (Å²) in [6.45, 7) is 1.83. The monoisotopic (exact) mass is 208 g/mol. The second kappa shape index (κ2) is 3.91. The lowest BCUT2D eigenvalue weighted by Gasteiger charge is -2.07. The molecular weight excluding hydrogens is 196 g/mol. The summed E-state index contributed by atoms with van der Waals surface area (Å²) in [7, 11) is 0. The van der Waals surface area contributed by atoms with E-state index in [1.807, 2.05) is 6.92 Å². The molecule has 0 fully saturated rings. The fraction of sp³-hybridized carbons (Fsp3) is 0.100.